The van der Waals surface area contributed by atoms with Crippen LogP contribution in [0.25, 0.3) is 76.9 Å². The number of fused-ring (bicyclic) bond motifs is 9. The van der Waals surface area contributed by atoms with Gasteiger partial charge in [-0.2, -0.15) is 0 Å². The van der Waals surface area contributed by atoms with Crippen molar-refractivity contribution >= 4 is 60.5 Å². The third-order valence-corrected chi connectivity index (χ3v) is 13.2. The maximum Gasteiger partial charge on any atom is 0.138 e. The molecule has 266 valence electrons. The zero-order valence-electron chi connectivity index (χ0n) is 31.9. The van der Waals surface area contributed by atoms with Crippen LogP contribution in [0.4, 0.5) is 17.1 Å². The molecule has 1 aromatic heterocycles. The lowest BCUT2D eigenvalue weighted by Gasteiger charge is -2.30. The van der Waals surface area contributed by atoms with Gasteiger partial charge in [-0.3, -0.25) is 0 Å². The summed E-state index contributed by atoms with van der Waals surface area (Å²) >= 11 is 0. The van der Waals surface area contributed by atoms with Crippen LogP contribution >= 0.6 is 0 Å². The number of furan rings is 1. The van der Waals surface area contributed by atoms with E-state index in [1.165, 1.54) is 88.1 Å². The number of hydrogen-bond donors (Lipinski definition) is 0. The number of nitrogens with zero attached hydrogens (tertiary/aromatic N) is 1. The number of rotatable bonds is 4. The summed E-state index contributed by atoms with van der Waals surface area (Å²) < 4.78 is 7.01. The van der Waals surface area contributed by atoms with Crippen molar-refractivity contribution in [2.24, 2.45) is 0 Å². The van der Waals surface area contributed by atoms with E-state index in [1.54, 1.807) is 0 Å². The number of anilines is 3. The second-order valence-corrected chi connectivity index (χ2v) is 16.9. The molecule has 0 saturated carbocycles. The summed E-state index contributed by atoms with van der Waals surface area (Å²) in [4.78, 5) is 2.51. The Bertz CT molecular complexity index is 3250. The third kappa shape index (κ3) is 4.11. The fraction of sp³-hybridized carbons (Fsp3) is 0.111. The Morgan fingerprint density at radius 3 is 1.75 bits per heavy atom. The largest absolute Gasteiger partial charge is 0.456 e. The van der Waals surface area contributed by atoms with Crippen LogP contribution in [0.2, 0.25) is 0 Å². The van der Waals surface area contributed by atoms with Crippen molar-refractivity contribution < 1.29 is 4.42 Å². The highest BCUT2D eigenvalue weighted by Crippen LogP contribution is 2.56. The molecular weight excluding hydrogens is 679 g/mol. The predicted octanol–water partition coefficient (Wildman–Crippen LogP) is 15.1. The summed E-state index contributed by atoms with van der Waals surface area (Å²) in [5.74, 6) is 0. The summed E-state index contributed by atoms with van der Waals surface area (Å²) in [5.41, 5.74) is 18.0. The second-order valence-electron chi connectivity index (χ2n) is 16.9. The molecule has 56 heavy (non-hydrogen) atoms. The van der Waals surface area contributed by atoms with Crippen molar-refractivity contribution in [1.82, 2.24) is 0 Å². The molecule has 0 unspecified atom stereocenters. The topological polar surface area (TPSA) is 16.4 Å². The Morgan fingerprint density at radius 1 is 0.393 bits per heavy atom. The van der Waals surface area contributed by atoms with Crippen molar-refractivity contribution in [3.8, 4) is 33.4 Å². The van der Waals surface area contributed by atoms with Crippen LogP contribution in [0.15, 0.2) is 168 Å². The lowest BCUT2D eigenvalue weighted by molar-refractivity contribution is 0.660. The van der Waals surface area contributed by atoms with Gasteiger partial charge in [0.25, 0.3) is 0 Å². The van der Waals surface area contributed by atoms with E-state index in [9.17, 15) is 0 Å². The molecule has 0 atom stereocenters. The second kappa shape index (κ2) is 11.0. The van der Waals surface area contributed by atoms with E-state index in [4.69, 9.17) is 4.42 Å². The average molecular weight is 718 g/mol. The van der Waals surface area contributed by atoms with E-state index in [1.807, 2.05) is 0 Å². The van der Waals surface area contributed by atoms with E-state index < -0.39 is 0 Å². The highest BCUT2D eigenvalue weighted by Gasteiger charge is 2.39. The van der Waals surface area contributed by atoms with E-state index in [2.05, 4.69) is 196 Å². The Labute approximate surface area is 326 Å². The van der Waals surface area contributed by atoms with Gasteiger partial charge in [0.1, 0.15) is 11.2 Å². The molecule has 0 radical (unpaired) electrons. The van der Waals surface area contributed by atoms with E-state index >= 15 is 0 Å². The maximum atomic E-state index is 7.01. The monoisotopic (exact) mass is 717 g/mol. The minimum Gasteiger partial charge on any atom is -0.456 e. The first kappa shape index (κ1) is 31.7. The molecule has 2 nitrogen and oxygen atoms in total. The molecule has 10 aromatic rings. The van der Waals surface area contributed by atoms with E-state index in [0.717, 1.165) is 28.1 Å². The molecule has 0 amide bonds. The van der Waals surface area contributed by atoms with Gasteiger partial charge in [-0.25, -0.2) is 0 Å². The molecular formula is C54H39NO. The van der Waals surface area contributed by atoms with Gasteiger partial charge in [0.2, 0.25) is 0 Å². The van der Waals surface area contributed by atoms with Gasteiger partial charge in [-0.1, -0.05) is 149 Å². The highest BCUT2D eigenvalue weighted by atomic mass is 16.3. The standard InChI is InChI=1S/C54H39NO/c1-53(2)44-22-13-11-20-40(44)50-45(53)23-14-24-47(50)55(34-25-26-39-38-19-10-12-21-43(38)54(3,4)46(39)30-34)35-29-42-37-18-9-8-17-36(37)41-27-33(32-15-6-5-7-16-32)28-48-51(41)52(42)49(31-35)56-48/h5-31H,1-4H3. The Hall–Kier alpha value is -6.64. The smallest absolute Gasteiger partial charge is 0.138 e. The SMILES string of the molecule is CC1(C)c2ccccc2-c2ccc(N(c3cc4oc5cc(-c6ccccc6)cc6c7ccccc7c(c3)c4c56)c3cccc4c3-c3ccccc3C4(C)C)cc21. The van der Waals surface area contributed by atoms with Crippen LogP contribution < -0.4 is 4.90 Å². The quantitative estimate of drug-likeness (QED) is 0.169. The summed E-state index contributed by atoms with van der Waals surface area (Å²) in [7, 11) is 0. The van der Waals surface area contributed by atoms with Gasteiger partial charge in [0.15, 0.2) is 0 Å². The Morgan fingerprint density at radius 2 is 0.982 bits per heavy atom. The van der Waals surface area contributed by atoms with Crippen LogP contribution in [-0.2, 0) is 10.8 Å². The van der Waals surface area contributed by atoms with Crippen molar-refractivity contribution in [2.45, 2.75) is 38.5 Å². The minimum atomic E-state index is -0.138. The average Bonchev–Trinajstić information content (AvgIpc) is 3.80. The van der Waals surface area contributed by atoms with Gasteiger partial charge >= 0.3 is 0 Å². The molecule has 1 heterocycles. The lowest BCUT2D eigenvalue weighted by Crippen LogP contribution is -2.17. The van der Waals surface area contributed by atoms with E-state index in [-0.39, 0.29) is 10.8 Å². The van der Waals surface area contributed by atoms with Crippen molar-refractivity contribution in [3.05, 3.63) is 186 Å². The minimum absolute atomic E-state index is 0.129. The van der Waals surface area contributed by atoms with Gasteiger partial charge in [-0.15, -0.1) is 0 Å². The molecule has 2 heteroatoms. The molecule has 0 bridgehead atoms. The van der Waals surface area contributed by atoms with E-state index in [0.29, 0.717) is 0 Å². The first-order chi connectivity index (χ1) is 27.3. The van der Waals surface area contributed by atoms with Crippen molar-refractivity contribution in [1.29, 1.82) is 0 Å². The Balaban J connectivity index is 1.17. The van der Waals surface area contributed by atoms with Crippen molar-refractivity contribution in [2.75, 3.05) is 4.90 Å². The maximum absolute atomic E-state index is 7.01. The highest BCUT2D eigenvalue weighted by molar-refractivity contribution is 6.34. The zero-order valence-corrected chi connectivity index (χ0v) is 31.9. The summed E-state index contributed by atoms with van der Waals surface area (Å²) in [6.45, 7) is 9.47. The molecule has 12 rings (SSSR count). The van der Waals surface area contributed by atoms with Crippen LogP contribution in [-0.4, -0.2) is 0 Å². The number of benzene rings is 9. The van der Waals surface area contributed by atoms with Gasteiger partial charge in [-0.05, 0) is 108 Å². The van der Waals surface area contributed by atoms with Gasteiger partial charge in [0.05, 0.1) is 11.4 Å². The molecule has 0 N–H and O–H groups in total. The molecule has 0 fully saturated rings. The molecule has 0 spiro atoms. The molecule has 2 aliphatic carbocycles. The van der Waals surface area contributed by atoms with Crippen LogP contribution in [0.3, 0.4) is 0 Å². The molecule has 9 aromatic carbocycles. The fourth-order valence-corrected chi connectivity index (χ4v) is 10.5. The van der Waals surface area contributed by atoms with Crippen LogP contribution in [0, 0.1) is 0 Å². The number of hydrogen-bond acceptors (Lipinski definition) is 2. The molecule has 0 aliphatic heterocycles. The Kier molecular flexibility index (Phi) is 6.22. The normalized spacial score (nSPS) is 14.7. The third-order valence-electron chi connectivity index (χ3n) is 13.2. The lowest BCUT2D eigenvalue weighted by atomic mass is 9.82. The van der Waals surface area contributed by atoms with Crippen LogP contribution in [0.1, 0.15) is 49.9 Å². The summed E-state index contributed by atoms with van der Waals surface area (Å²) in [5, 5.41) is 7.29. The van der Waals surface area contributed by atoms with Gasteiger partial charge in [0, 0.05) is 38.9 Å². The first-order valence-corrected chi connectivity index (χ1v) is 19.8. The zero-order chi connectivity index (χ0) is 37.5. The first-order valence-electron chi connectivity index (χ1n) is 19.8. The summed E-state index contributed by atoms with van der Waals surface area (Å²) in [6.07, 6.45) is 0. The predicted molar refractivity (Wildman–Crippen MR) is 235 cm³/mol. The van der Waals surface area contributed by atoms with Gasteiger partial charge < -0.3 is 9.32 Å². The molecule has 0 saturated heterocycles. The summed E-state index contributed by atoms with van der Waals surface area (Å²) in [6, 6.07) is 60.7. The molecule has 2 aliphatic rings. The fourth-order valence-electron chi connectivity index (χ4n) is 10.5. The van der Waals surface area contributed by atoms with Crippen molar-refractivity contribution in [3.63, 3.8) is 0 Å². The van der Waals surface area contributed by atoms with Crippen LogP contribution in [0.5, 0.6) is 0 Å².